The molecule has 9 heteroatoms. The Kier molecular flexibility index (Phi) is 9.00. The number of nitrogens with zero attached hydrogens (tertiary/aromatic N) is 3. The van der Waals surface area contributed by atoms with Crippen LogP contribution in [0.25, 0.3) is 22.8 Å². The quantitative estimate of drug-likeness (QED) is 0.198. The molecule has 37 heavy (non-hydrogen) atoms. The molecule has 0 saturated carbocycles. The molecule has 2 N–H and O–H groups in total. The normalized spacial score (nSPS) is 12.8. The largest absolute Gasteiger partial charge is 0.486 e. The van der Waals surface area contributed by atoms with Crippen LogP contribution in [0.4, 0.5) is 10.2 Å². The van der Waals surface area contributed by atoms with E-state index in [1.807, 2.05) is 25.1 Å². The standard InChI is InChI=1S/C28H30Cl2FN5O/c1-4-6-19(7-5-2)34-27-11-8-18(14-33-27)24(31)13-26-21-12-20(9-10-25(21)35-36-26)37-17(3)28-22(29)15-32-16-23(28)30/h8-17,19H,4-7H2,1-3H3,(H,33,34)(H,35,36)/b24-13-. The minimum absolute atomic E-state index is 0.370. The van der Waals surface area contributed by atoms with Crippen LogP contribution in [0.1, 0.15) is 69.4 Å². The number of rotatable bonds is 11. The number of pyridine rings is 2. The Morgan fingerprint density at radius 2 is 1.81 bits per heavy atom. The van der Waals surface area contributed by atoms with E-state index < -0.39 is 11.9 Å². The van der Waals surface area contributed by atoms with Crippen molar-refractivity contribution in [1.82, 2.24) is 20.2 Å². The molecule has 0 radical (unpaired) electrons. The summed E-state index contributed by atoms with van der Waals surface area (Å²) in [6.45, 7) is 6.19. The molecule has 1 aromatic carbocycles. The number of nitrogens with one attached hydrogen (secondary N) is 2. The lowest BCUT2D eigenvalue weighted by Crippen LogP contribution is -2.19. The maximum absolute atomic E-state index is 15.2. The number of ether oxygens (including phenoxy) is 1. The summed E-state index contributed by atoms with van der Waals surface area (Å²) in [5, 5.41) is 12.2. The Morgan fingerprint density at radius 1 is 1.08 bits per heavy atom. The SMILES string of the molecule is CCCC(CCC)Nc1ccc(/C(F)=C/c2[nH]nc3ccc(OC(C)c4c(Cl)cncc4Cl)cc23)cn1. The van der Waals surface area contributed by atoms with E-state index in [4.69, 9.17) is 27.9 Å². The molecule has 3 aromatic heterocycles. The summed E-state index contributed by atoms with van der Waals surface area (Å²) in [6, 6.07) is 9.33. The lowest BCUT2D eigenvalue weighted by Gasteiger charge is -2.18. The van der Waals surface area contributed by atoms with Crippen molar-refractivity contribution >= 4 is 51.8 Å². The zero-order chi connectivity index (χ0) is 26.4. The number of anilines is 1. The van der Waals surface area contributed by atoms with Crippen molar-refractivity contribution in [2.24, 2.45) is 0 Å². The zero-order valence-corrected chi connectivity index (χ0v) is 22.6. The first-order valence-corrected chi connectivity index (χ1v) is 13.2. The van der Waals surface area contributed by atoms with Gasteiger partial charge < -0.3 is 10.1 Å². The highest BCUT2D eigenvalue weighted by Crippen LogP contribution is 2.34. The molecular weight excluding hydrogens is 512 g/mol. The molecule has 0 spiro atoms. The fraction of sp³-hybridized carbons (Fsp3) is 0.321. The van der Waals surface area contributed by atoms with Gasteiger partial charge in [0.25, 0.3) is 0 Å². The van der Waals surface area contributed by atoms with Crippen molar-refractivity contribution in [3.63, 3.8) is 0 Å². The van der Waals surface area contributed by atoms with Crippen LogP contribution in [0.2, 0.25) is 10.0 Å². The van der Waals surface area contributed by atoms with E-state index >= 15 is 4.39 Å². The van der Waals surface area contributed by atoms with Crippen LogP contribution < -0.4 is 10.1 Å². The number of benzene rings is 1. The number of H-pyrrole nitrogens is 1. The molecule has 3 heterocycles. The highest BCUT2D eigenvalue weighted by molar-refractivity contribution is 6.35. The maximum atomic E-state index is 15.2. The van der Waals surface area contributed by atoms with Gasteiger partial charge in [-0.05, 0) is 50.1 Å². The van der Waals surface area contributed by atoms with E-state index in [0.717, 1.165) is 36.9 Å². The first-order valence-electron chi connectivity index (χ1n) is 12.4. The number of aromatic amines is 1. The van der Waals surface area contributed by atoms with Gasteiger partial charge in [0.2, 0.25) is 0 Å². The van der Waals surface area contributed by atoms with Gasteiger partial charge in [-0.25, -0.2) is 9.37 Å². The predicted octanol–water partition coefficient (Wildman–Crippen LogP) is 8.65. The topological polar surface area (TPSA) is 75.7 Å². The van der Waals surface area contributed by atoms with Gasteiger partial charge in [-0.3, -0.25) is 10.1 Å². The van der Waals surface area contributed by atoms with E-state index in [9.17, 15) is 0 Å². The van der Waals surface area contributed by atoms with E-state index in [0.29, 0.717) is 44.2 Å². The van der Waals surface area contributed by atoms with Crippen LogP contribution in [0.3, 0.4) is 0 Å². The molecule has 194 valence electrons. The molecule has 4 rings (SSSR count). The molecule has 0 aliphatic rings. The van der Waals surface area contributed by atoms with E-state index in [1.54, 1.807) is 18.3 Å². The Morgan fingerprint density at radius 3 is 2.46 bits per heavy atom. The molecule has 0 amide bonds. The third kappa shape index (κ3) is 6.59. The van der Waals surface area contributed by atoms with Crippen LogP contribution in [-0.2, 0) is 0 Å². The lowest BCUT2D eigenvalue weighted by molar-refractivity contribution is 0.227. The maximum Gasteiger partial charge on any atom is 0.134 e. The summed E-state index contributed by atoms with van der Waals surface area (Å²) in [4.78, 5) is 8.40. The van der Waals surface area contributed by atoms with E-state index in [-0.39, 0.29) is 0 Å². The first kappa shape index (κ1) is 26.9. The van der Waals surface area contributed by atoms with Gasteiger partial charge in [0.1, 0.15) is 23.5 Å². The molecule has 0 bridgehead atoms. The zero-order valence-electron chi connectivity index (χ0n) is 21.1. The average Bonchev–Trinajstić information content (AvgIpc) is 3.26. The predicted molar refractivity (Wildman–Crippen MR) is 150 cm³/mol. The van der Waals surface area contributed by atoms with Crippen molar-refractivity contribution in [2.45, 2.75) is 58.6 Å². The summed E-state index contributed by atoms with van der Waals surface area (Å²) in [7, 11) is 0. The Bertz CT molecular complexity index is 1350. The molecule has 0 saturated heterocycles. The molecule has 6 nitrogen and oxygen atoms in total. The smallest absolute Gasteiger partial charge is 0.134 e. The van der Waals surface area contributed by atoms with Gasteiger partial charge in [0, 0.05) is 47.2 Å². The van der Waals surface area contributed by atoms with Crippen LogP contribution in [0.15, 0.2) is 48.9 Å². The highest BCUT2D eigenvalue weighted by atomic mass is 35.5. The van der Waals surface area contributed by atoms with Gasteiger partial charge in [0.15, 0.2) is 0 Å². The first-order chi connectivity index (χ1) is 17.9. The third-order valence-electron chi connectivity index (χ3n) is 6.10. The number of halogens is 3. The number of hydrogen-bond acceptors (Lipinski definition) is 5. The van der Waals surface area contributed by atoms with Gasteiger partial charge in [-0.15, -0.1) is 0 Å². The van der Waals surface area contributed by atoms with E-state index in [1.165, 1.54) is 18.5 Å². The fourth-order valence-corrected chi connectivity index (χ4v) is 4.96. The van der Waals surface area contributed by atoms with Crippen molar-refractivity contribution in [1.29, 1.82) is 0 Å². The Hall–Kier alpha value is -3.16. The van der Waals surface area contributed by atoms with Crippen molar-refractivity contribution in [2.75, 3.05) is 5.32 Å². The van der Waals surface area contributed by atoms with Gasteiger partial charge in [-0.2, -0.15) is 5.10 Å². The van der Waals surface area contributed by atoms with Crippen LogP contribution in [-0.4, -0.2) is 26.2 Å². The Balaban J connectivity index is 1.52. The van der Waals surface area contributed by atoms with Crippen molar-refractivity contribution in [3.8, 4) is 5.75 Å². The van der Waals surface area contributed by atoms with Crippen LogP contribution in [0, 0.1) is 0 Å². The summed E-state index contributed by atoms with van der Waals surface area (Å²) in [5.41, 5.74) is 2.25. The molecule has 4 aromatic rings. The number of aromatic nitrogens is 4. The number of fused-ring (bicyclic) bond motifs is 1. The Labute approximate surface area is 226 Å². The second kappa shape index (κ2) is 12.4. The molecule has 0 aliphatic carbocycles. The van der Waals surface area contributed by atoms with E-state index in [2.05, 4.69) is 39.3 Å². The third-order valence-corrected chi connectivity index (χ3v) is 6.70. The van der Waals surface area contributed by atoms with Gasteiger partial charge >= 0.3 is 0 Å². The highest BCUT2D eigenvalue weighted by Gasteiger charge is 2.17. The summed E-state index contributed by atoms with van der Waals surface area (Å²) in [6.07, 6.45) is 9.94. The van der Waals surface area contributed by atoms with Gasteiger partial charge in [0.05, 0.1) is 21.3 Å². The van der Waals surface area contributed by atoms with Crippen LogP contribution >= 0.6 is 23.2 Å². The summed E-state index contributed by atoms with van der Waals surface area (Å²) in [5.74, 6) is 0.908. The molecule has 0 aliphatic heterocycles. The molecule has 1 atom stereocenters. The van der Waals surface area contributed by atoms with Gasteiger partial charge in [-0.1, -0.05) is 49.9 Å². The average molecular weight is 542 g/mol. The van der Waals surface area contributed by atoms with Crippen molar-refractivity contribution < 1.29 is 9.13 Å². The second-order valence-electron chi connectivity index (χ2n) is 8.94. The summed E-state index contributed by atoms with van der Waals surface area (Å²) >= 11 is 12.5. The molecule has 1 unspecified atom stereocenters. The van der Waals surface area contributed by atoms with Crippen LogP contribution in [0.5, 0.6) is 5.75 Å². The van der Waals surface area contributed by atoms with Crippen molar-refractivity contribution in [3.05, 3.63) is 75.8 Å². The fourth-order valence-electron chi connectivity index (χ4n) is 4.29. The minimum Gasteiger partial charge on any atom is -0.486 e. The molecule has 0 fully saturated rings. The second-order valence-corrected chi connectivity index (χ2v) is 9.75. The summed E-state index contributed by atoms with van der Waals surface area (Å²) < 4.78 is 21.3. The monoisotopic (exact) mass is 541 g/mol. The lowest BCUT2D eigenvalue weighted by atomic mass is 10.1. The minimum atomic E-state index is -0.421. The number of hydrogen-bond donors (Lipinski definition) is 2. The molecular formula is C28H30Cl2FN5O.